The standard InChI is InChI=1S/C16H34N2/c1-5-13(4)12-18(7-3)16-10-14(6-2)8-9-15(16)11-17/h13-16H,5-12,17H2,1-4H3. The lowest BCUT2D eigenvalue weighted by Crippen LogP contribution is -2.48. The number of rotatable bonds is 7. The van der Waals surface area contributed by atoms with E-state index in [4.69, 9.17) is 5.73 Å². The van der Waals surface area contributed by atoms with E-state index in [0.717, 1.165) is 30.3 Å². The molecule has 0 radical (unpaired) electrons. The Morgan fingerprint density at radius 2 is 1.94 bits per heavy atom. The van der Waals surface area contributed by atoms with E-state index < -0.39 is 0 Å². The molecule has 18 heavy (non-hydrogen) atoms. The molecule has 2 nitrogen and oxygen atoms in total. The Labute approximate surface area is 114 Å². The van der Waals surface area contributed by atoms with Crippen molar-refractivity contribution in [1.82, 2.24) is 4.90 Å². The van der Waals surface area contributed by atoms with Crippen LogP contribution >= 0.6 is 0 Å². The van der Waals surface area contributed by atoms with Gasteiger partial charge in [-0.3, -0.25) is 0 Å². The second-order valence-electron chi connectivity index (χ2n) is 6.25. The minimum atomic E-state index is 0.733. The fourth-order valence-electron chi connectivity index (χ4n) is 3.42. The van der Waals surface area contributed by atoms with E-state index in [9.17, 15) is 0 Å². The molecule has 0 aromatic heterocycles. The molecule has 0 aromatic rings. The van der Waals surface area contributed by atoms with Gasteiger partial charge >= 0.3 is 0 Å². The molecule has 0 bridgehead atoms. The third-order valence-electron chi connectivity index (χ3n) is 5.06. The lowest BCUT2D eigenvalue weighted by atomic mass is 9.76. The molecule has 4 unspecified atom stereocenters. The average molecular weight is 254 g/mol. The van der Waals surface area contributed by atoms with Gasteiger partial charge in [-0.05, 0) is 43.7 Å². The third kappa shape index (κ3) is 4.24. The van der Waals surface area contributed by atoms with Crippen LogP contribution in [0.25, 0.3) is 0 Å². The fraction of sp³-hybridized carbons (Fsp3) is 1.00. The monoisotopic (exact) mass is 254 g/mol. The van der Waals surface area contributed by atoms with Crippen molar-refractivity contribution in [1.29, 1.82) is 0 Å². The van der Waals surface area contributed by atoms with Crippen molar-refractivity contribution in [2.75, 3.05) is 19.6 Å². The first-order valence-electron chi connectivity index (χ1n) is 8.10. The lowest BCUT2D eigenvalue weighted by molar-refractivity contribution is 0.0729. The van der Waals surface area contributed by atoms with Crippen LogP contribution in [-0.4, -0.2) is 30.6 Å². The zero-order valence-electron chi connectivity index (χ0n) is 13.0. The Balaban J connectivity index is 2.65. The normalized spacial score (nSPS) is 30.7. The molecule has 0 aromatic carbocycles. The summed E-state index contributed by atoms with van der Waals surface area (Å²) in [5.41, 5.74) is 6.01. The molecule has 1 saturated carbocycles. The van der Waals surface area contributed by atoms with Gasteiger partial charge in [0.2, 0.25) is 0 Å². The van der Waals surface area contributed by atoms with Crippen LogP contribution in [0.3, 0.4) is 0 Å². The van der Waals surface area contributed by atoms with Crippen molar-refractivity contribution in [3.05, 3.63) is 0 Å². The Morgan fingerprint density at radius 1 is 1.22 bits per heavy atom. The Kier molecular flexibility index (Phi) is 7.25. The van der Waals surface area contributed by atoms with Gasteiger partial charge in [0.1, 0.15) is 0 Å². The summed E-state index contributed by atoms with van der Waals surface area (Å²) >= 11 is 0. The molecule has 0 heterocycles. The predicted molar refractivity (Wildman–Crippen MR) is 80.7 cm³/mol. The Hall–Kier alpha value is -0.0800. The summed E-state index contributed by atoms with van der Waals surface area (Å²) in [4.78, 5) is 2.72. The van der Waals surface area contributed by atoms with E-state index in [0.29, 0.717) is 0 Å². The quantitative estimate of drug-likeness (QED) is 0.753. The van der Waals surface area contributed by atoms with Crippen molar-refractivity contribution >= 4 is 0 Å². The highest BCUT2D eigenvalue weighted by atomic mass is 15.2. The van der Waals surface area contributed by atoms with Crippen LogP contribution in [-0.2, 0) is 0 Å². The highest BCUT2D eigenvalue weighted by Gasteiger charge is 2.32. The number of nitrogens with zero attached hydrogens (tertiary/aromatic N) is 1. The van der Waals surface area contributed by atoms with E-state index in [2.05, 4.69) is 32.6 Å². The Bertz CT molecular complexity index is 217. The van der Waals surface area contributed by atoms with Crippen LogP contribution in [0.1, 0.15) is 59.8 Å². The number of nitrogens with two attached hydrogens (primary N) is 1. The van der Waals surface area contributed by atoms with Crippen molar-refractivity contribution in [3.8, 4) is 0 Å². The topological polar surface area (TPSA) is 29.3 Å². The molecule has 0 saturated heterocycles. The fourth-order valence-corrected chi connectivity index (χ4v) is 3.42. The number of hydrogen-bond acceptors (Lipinski definition) is 2. The van der Waals surface area contributed by atoms with Crippen molar-refractivity contribution in [2.24, 2.45) is 23.5 Å². The molecule has 108 valence electrons. The van der Waals surface area contributed by atoms with E-state index in [1.807, 2.05) is 0 Å². The maximum absolute atomic E-state index is 6.01. The zero-order valence-corrected chi connectivity index (χ0v) is 13.0. The molecular weight excluding hydrogens is 220 g/mol. The largest absolute Gasteiger partial charge is 0.330 e. The molecular formula is C16H34N2. The first kappa shape index (κ1) is 16.0. The summed E-state index contributed by atoms with van der Waals surface area (Å²) in [7, 11) is 0. The van der Waals surface area contributed by atoms with Crippen LogP contribution in [0.5, 0.6) is 0 Å². The van der Waals surface area contributed by atoms with Crippen LogP contribution < -0.4 is 5.73 Å². The third-order valence-corrected chi connectivity index (χ3v) is 5.06. The molecule has 0 aliphatic heterocycles. The van der Waals surface area contributed by atoms with Crippen molar-refractivity contribution < 1.29 is 0 Å². The molecule has 1 fully saturated rings. The molecule has 1 aliphatic rings. The van der Waals surface area contributed by atoms with E-state index in [1.54, 1.807) is 0 Å². The van der Waals surface area contributed by atoms with Crippen molar-refractivity contribution in [3.63, 3.8) is 0 Å². The average Bonchev–Trinajstić information content (AvgIpc) is 2.43. The van der Waals surface area contributed by atoms with Gasteiger partial charge in [-0.1, -0.05) is 47.0 Å². The van der Waals surface area contributed by atoms with Gasteiger partial charge < -0.3 is 10.6 Å². The van der Waals surface area contributed by atoms with E-state index in [-0.39, 0.29) is 0 Å². The maximum Gasteiger partial charge on any atom is 0.0138 e. The smallest absolute Gasteiger partial charge is 0.0138 e. The molecule has 2 heteroatoms. The first-order valence-corrected chi connectivity index (χ1v) is 8.10. The summed E-state index contributed by atoms with van der Waals surface area (Å²) in [6.07, 6.45) is 6.75. The van der Waals surface area contributed by atoms with Gasteiger partial charge in [-0.15, -0.1) is 0 Å². The van der Waals surface area contributed by atoms with Gasteiger partial charge in [-0.25, -0.2) is 0 Å². The minimum absolute atomic E-state index is 0.733. The van der Waals surface area contributed by atoms with Gasteiger partial charge in [0, 0.05) is 12.6 Å². The predicted octanol–water partition coefficient (Wildman–Crippen LogP) is 3.51. The summed E-state index contributed by atoms with van der Waals surface area (Å²) < 4.78 is 0. The molecule has 1 rings (SSSR count). The molecule has 1 aliphatic carbocycles. The van der Waals surface area contributed by atoms with Gasteiger partial charge in [0.05, 0.1) is 0 Å². The summed E-state index contributed by atoms with van der Waals surface area (Å²) in [6.45, 7) is 12.6. The zero-order chi connectivity index (χ0) is 13.5. The highest BCUT2D eigenvalue weighted by Crippen LogP contribution is 2.34. The lowest BCUT2D eigenvalue weighted by Gasteiger charge is -2.43. The minimum Gasteiger partial charge on any atom is -0.330 e. The summed E-state index contributed by atoms with van der Waals surface area (Å²) in [5.74, 6) is 2.48. The maximum atomic E-state index is 6.01. The number of hydrogen-bond donors (Lipinski definition) is 1. The molecule has 0 spiro atoms. The highest BCUT2D eigenvalue weighted by molar-refractivity contribution is 4.87. The SMILES string of the molecule is CCC(C)CN(CC)C1CC(CC)CCC1CN. The van der Waals surface area contributed by atoms with Crippen LogP contribution in [0.4, 0.5) is 0 Å². The Morgan fingerprint density at radius 3 is 2.44 bits per heavy atom. The van der Waals surface area contributed by atoms with Crippen molar-refractivity contribution in [2.45, 2.75) is 65.8 Å². The summed E-state index contributed by atoms with van der Waals surface area (Å²) in [6, 6.07) is 0.743. The molecule has 2 N–H and O–H groups in total. The van der Waals surface area contributed by atoms with Gasteiger partial charge in [-0.2, -0.15) is 0 Å². The van der Waals surface area contributed by atoms with Crippen LogP contribution in [0.15, 0.2) is 0 Å². The van der Waals surface area contributed by atoms with Gasteiger partial charge in [0.25, 0.3) is 0 Å². The van der Waals surface area contributed by atoms with E-state index in [1.165, 1.54) is 45.2 Å². The van der Waals surface area contributed by atoms with Gasteiger partial charge in [0.15, 0.2) is 0 Å². The van der Waals surface area contributed by atoms with Crippen LogP contribution in [0.2, 0.25) is 0 Å². The first-order chi connectivity index (χ1) is 8.65. The summed E-state index contributed by atoms with van der Waals surface area (Å²) in [5, 5.41) is 0. The molecule has 4 atom stereocenters. The van der Waals surface area contributed by atoms with E-state index >= 15 is 0 Å². The second kappa shape index (κ2) is 8.16. The molecule has 0 amide bonds. The second-order valence-corrected chi connectivity index (χ2v) is 6.25. The van der Waals surface area contributed by atoms with Crippen LogP contribution in [0, 0.1) is 17.8 Å².